The first-order chi connectivity index (χ1) is 7.61. The van der Waals surface area contributed by atoms with Gasteiger partial charge in [-0.2, -0.15) is 0 Å². The van der Waals surface area contributed by atoms with Gasteiger partial charge in [0.15, 0.2) is 0 Å². The molecule has 0 radical (unpaired) electrons. The average molecular weight is 234 g/mol. The molecule has 0 spiro atoms. The summed E-state index contributed by atoms with van der Waals surface area (Å²) in [7, 11) is 0. The van der Waals surface area contributed by atoms with E-state index < -0.39 is 0 Å². The molecule has 1 heterocycles. The van der Waals surface area contributed by atoms with Crippen molar-refractivity contribution >= 4 is 11.6 Å². The minimum absolute atomic E-state index is 0.110. The molecule has 0 aliphatic carbocycles. The molecule has 82 valence electrons. The molecule has 3 heteroatoms. The third-order valence-electron chi connectivity index (χ3n) is 2.57. The van der Waals surface area contributed by atoms with Crippen LogP contribution in [0.1, 0.15) is 11.4 Å². The van der Waals surface area contributed by atoms with E-state index in [9.17, 15) is 4.79 Å². The van der Waals surface area contributed by atoms with Gasteiger partial charge in [0.2, 0.25) is 5.43 Å². The molecule has 0 amide bonds. The van der Waals surface area contributed by atoms with Gasteiger partial charge in [0.1, 0.15) is 5.02 Å². The van der Waals surface area contributed by atoms with Crippen molar-refractivity contribution in [3.63, 3.8) is 0 Å². The highest BCUT2D eigenvalue weighted by atomic mass is 35.5. The van der Waals surface area contributed by atoms with Crippen LogP contribution in [-0.4, -0.2) is 4.98 Å². The fourth-order valence-electron chi connectivity index (χ4n) is 1.80. The van der Waals surface area contributed by atoms with Gasteiger partial charge in [-0.05, 0) is 19.4 Å². The monoisotopic (exact) mass is 233 g/mol. The van der Waals surface area contributed by atoms with E-state index in [1.54, 1.807) is 6.92 Å². The van der Waals surface area contributed by atoms with Crippen LogP contribution in [0.4, 0.5) is 0 Å². The molecule has 0 unspecified atom stereocenters. The molecule has 2 rings (SSSR count). The molecule has 0 bridgehead atoms. The highest BCUT2D eigenvalue weighted by Gasteiger charge is 2.11. The van der Waals surface area contributed by atoms with E-state index in [0.717, 1.165) is 11.3 Å². The van der Waals surface area contributed by atoms with E-state index in [-0.39, 0.29) is 10.5 Å². The summed E-state index contributed by atoms with van der Waals surface area (Å²) in [5.41, 5.74) is 2.99. The summed E-state index contributed by atoms with van der Waals surface area (Å²) in [4.78, 5) is 15.2. The van der Waals surface area contributed by atoms with Crippen molar-refractivity contribution in [1.82, 2.24) is 4.98 Å². The summed E-state index contributed by atoms with van der Waals surface area (Å²) in [6.45, 7) is 3.68. The number of benzene rings is 1. The fraction of sp³-hybridized carbons (Fsp3) is 0.154. The average Bonchev–Trinajstić information content (AvgIpc) is 2.28. The minimum Gasteiger partial charge on any atom is -0.361 e. The highest BCUT2D eigenvalue weighted by molar-refractivity contribution is 6.31. The molecule has 0 fully saturated rings. The van der Waals surface area contributed by atoms with E-state index in [1.807, 2.05) is 37.3 Å². The molecular weight excluding hydrogens is 222 g/mol. The van der Waals surface area contributed by atoms with E-state index in [0.29, 0.717) is 11.3 Å². The molecule has 0 saturated carbocycles. The Hall–Kier alpha value is -1.54. The Morgan fingerprint density at radius 2 is 1.69 bits per heavy atom. The Bertz CT molecular complexity index is 572. The Labute approximate surface area is 98.9 Å². The first kappa shape index (κ1) is 11.0. The summed E-state index contributed by atoms with van der Waals surface area (Å²) >= 11 is 5.96. The van der Waals surface area contributed by atoms with Crippen LogP contribution in [0.5, 0.6) is 0 Å². The lowest BCUT2D eigenvalue weighted by atomic mass is 10.0. The summed E-state index contributed by atoms with van der Waals surface area (Å²) < 4.78 is 0. The zero-order valence-electron chi connectivity index (χ0n) is 9.17. The van der Waals surface area contributed by atoms with Gasteiger partial charge in [-0.3, -0.25) is 4.79 Å². The molecule has 0 saturated heterocycles. The molecule has 0 aliphatic rings. The maximum atomic E-state index is 12.1. The quantitative estimate of drug-likeness (QED) is 0.805. The van der Waals surface area contributed by atoms with Crippen LogP contribution in [0, 0.1) is 13.8 Å². The smallest absolute Gasteiger partial charge is 0.208 e. The van der Waals surface area contributed by atoms with E-state index >= 15 is 0 Å². The molecule has 1 aromatic heterocycles. The Kier molecular flexibility index (Phi) is 2.84. The van der Waals surface area contributed by atoms with Crippen molar-refractivity contribution in [2.45, 2.75) is 13.8 Å². The van der Waals surface area contributed by atoms with Crippen molar-refractivity contribution in [2.24, 2.45) is 0 Å². The molecule has 1 N–H and O–H groups in total. The number of nitrogens with one attached hydrogen (secondary N) is 1. The summed E-state index contributed by atoms with van der Waals surface area (Å²) in [5, 5.41) is 0.268. The van der Waals surface area contributed by atoms with E-state index in [2.05, 4.69) is 4.98 Å². The molecular formula is C13H12ClNO. The van der Waals surface area contributed by atoms with Gasteiger partial charge in [-0.1, -0.05) is 41.9 Å². The molecule has 16 heavy (non-hydrogen) atoms. The van der Waals surface area contributed by atoms with Gasteiger partial charge >= 0.3 is 0 Å². The third-order valence-corrected chi connectivity index (χ3v) is 3.02. The topological polar surface area (TPSA) is 32.9 Å². The fourth-order valence-corrected chi connectivity index (χ4v) is 1.94. The van der Waals surface area contributed by atoms with Gasteiger partial charge < -0.3 is 4.98 Å². The number of halogens is 1. The largest absolute Gasteiger partial charge is 0.361 e. The van der Waals surface area contributed by atoms with Crippen LogP contribution in [0.15, 0.2) is 35.1 Å². The Morgan fingerprint density at radius 3 is 2.31 bits per heavy atom. The van der Waals surface area contributed by atoms with Crippen molar-refractivity contribution < 1.29 is 0 Å². The second-order valence-corrected chi connectivity index (χ2v) is 4.14. The maximum Gasteiger partial charge on any atom is 0.208 e. The minimum atomic E-state index is -0.110. The highest BCUT2D eigenvalue weighted by Crippen LogP contribution is 2.21. The second kappa shape index (κ2) is 4.14. The van der Waals surface area contributed by atoms with E-state index in [1.165, 1.54) is 0 Å². The maximum absolute atomic E-state index is 12.1. The van der Waals surface area contributed by atoms with Crippen LogP contribution >= 0.6 is 11.6 Å². The lowest BCUT2D eigenvalue weighted by Crippen LogP contribution is -2.11. The molecule has 1 aromatic carbocycles. The standard InChI is InChI=1S/C13H12ClNO/c1-8-11(10-6-4-3-5-7-10)13(16)12(14)9(2)15-8/h3-7H,1-2H3,(H,15,16). The van der Waals surface area contributed by atoms with Gasteiger partial charge in [-0.15, -0.1) is 0 Å². The summed E-state index contributed by atoms with van der Waals surface area (Å²) in [6, 6.07) is 9.54. The second-order valence-electron chi connectivity index (χ2n) is 3.76. The molecule has 2 aromatic rings. The van der Waals surface area contributed by atoms with Crippen LogP contribution in [-0.2, 0) is 0 Å². The lowest BCUT2D eigenvalue weighted by molar-refractivity contribution is 1.11. The molecule has 0 aliphatic heterocycles. The number of hydrogen-bond donors (Lipinski definition) is 1. The SMILES string of the molecule is Cc1[nH]c(C)c(-c2ccccc2)c(=O)c1Cl. The van der Waals surface area contributed by atoms with Crippen LogP contribution in [0.3, 0.4) is 0 Å². The first-order valence-corrected chi connectivity index (χ1v) is 5.43. The number of H-pyrrole nitrogens is 1. The van der Waals surface area contributed by atoms with Crippen molar-refractivity contribution in [3.8, 4) is 11.1 Å². The predicted octanol–water partition coefficient (Wildman–Crippen LogP) is 3.31. The number of pyridine rings is 1. The third kappa shape index (κ3) is 1.76. The van der Waals surface area contributed by atoms with Gasteiger partial charge in [0.25, 0.3) is 0 Å². The van der Waals surface area contributed by atoms with Crippen molar-refractivity contribution in [2.75, 3.05) is 0 Å². The molecule has 2 nitrogen and oxygen atoms in total. The lowest BCUT2D eigenvalue weighted by Gasteiger charge is -2.08. The van der Waals surface area contributed by atoms with Crippen LogP contribution < -0.4 is 5.43 Å². The first-order valence-electron chi connectivity index (χ1n) is 5.05. The van der Waals surface area contributed by atoms with Gasteiger partial charge in [0.05, 0.1) is 0 Å². The Morgan fingerprint density at radius 1 is 1.06 bits per heavy atom. The zero-order chi connectivity index (χ0) is 11.7. The normalized spacial score (nSPS) is 10.4. The number of aryl methyl sites for hydroxylation is 2. The van der Waals surface area contributed by atoms with Crippen LogP contribution in [0.25, 0.3) is 11.1 Å². The molecule has 0 atom stereocenters. The van der Waals surface area contributed by atoms with Gasteiger partial charge in [-0.25, -0.2) is 0 Å². The van der Waals surface area contributed by atoms with Crippen molar-refractivity contribution in [1.29, 1.82) is 0 Å². The zero-order valence-corrected chi connectivity index (χ0v) is 9.93. The Balaban J connectivity index is 2.77. The van der Waals surface area contributed by atoms with E-state index in [4.69, 9.17) is 11.6 Å². The number of aromatic amines is 1. The number of rotatable bonds is 1. The number of aromatic nitrogens is 1. The van der Waals surface area contributed by atoms with Crippen LogP contribution in [0.2, 0.25) is 5.02 Å². The van der Waals surface area contributed by atoms with Crippen molar-refractivity contribution in [3.05, 3.63) is 57.0 Å². The number of hydrogen-bond acceptors (Lipinski definition) is 1. The summed E-state index contributed by atoms with van der Waals surface area (Å²) in [5.74, 6) is 0. The summed E-state index contributed by atoms with van der Waals surface area (Å²) in [6.07, 6.45) is 0. The van der Waals surface area contributed by atoms with Gasteiger partial charge in [0, 0.05) is 17.0 Å². The predicted molar refractivity (Wildman–Crippen MR) is 67.0 cm³/mol.